The van der Waals surface area contributed by atoms with Crippen LogP contribution in [-0.4, -0.2) is 29.5 Å². The number of nitrogens with one attached hydrogen (secondary N) is 1. The van der Waals surface area contributed by atoms with Crippen LogP contribution in [0.3, 0.4) is 0 Å². The number of hydrogen-bond acceptors (Lipinski definition) is 5. The first-order chi connectivity index (χ1) is 11.3. The molecule has 2 aromatic heterocycles. The molecule has 0 saturated carbocycles. The normalized spacial score (nSPS) is 17.7. The second-order valence-corrected chi connectivity index (χ2v) is 6.02. The van der Waals surface area contributed by atoms with Crippen molar-refractivity contribution in [3.63, 3.8) is 0 Å². The molecule has 0 amide bonds. The lowest BCUT2D eigenvalue weighted by Crippen LogP contribution is -2.19. The molecule has 5 nitrogen and oxygen atoms in total. The Kier molecular flexibility index (Phi) is 3.89. The first-order valence-electron chi connectivity index (χ1n) is 7.66. The van der Waals surface area contributed by atoms with Gasteiger partial charge in [-0.15, -0.1) is 10.2 Å². The number of benzene rings is 1. The topological polar surface area (TPSA) is 60.2 Å². The second kappa shape index (κ2) is 6.18. The number of halogens is 1. The van der Waals surface area contributed by atoms with E-state index in [9.17, 15) is 0 Å². The van der Waals surface area contributed by atoms with E-state index in [0.717, 1.165) is 36.1 Å². The summed E-state index contributed by atoms with van der Waals surface area (Å²) in [6.45, 7) is 1.55. The van der Waals surface area contributed by atoms with E-state index < -0.39 is 0 Å². The second-order valence-electron chi connectivity index (χ2n) is 5.58. The summed E-state index contributed by atoms with van der Waals surface area (Å²) in [5.41, 5.74) is 2.45. The maximum absolute atomic E-state index is 5.95. The van der Waals surface area contributed by atoms with Gasteiger partial charge in [0.2, 0.25) is 0 Å². The molecule has 0 bridgehead atoms. The molecule has 1 aliphatic rings. The van der Waals surface area contributed by atoms with Gasteiger partial charge in [0.05, 0.1) is 17.8 Å². The minimum atomic E-state index is 0.234. The van der Waals surface area contributed by atoms with Crippen molar-refractivity contribution in [3.05, 3.63) is 41.6 Å². The van der Waals surface area contributed by atoms with Crippen molar-refractivity contribution < 1.29 is 9.15 Å². The maximum Gasteiger partial charge on any atom is 0.192 e. The van der Waals surface area contributed by atoms with Crippen molar-refractivity contribution in [2.24, 2.45) is 0 Å². The number of nitrogens with zero attached hydrogens (tertiary/aromatic N) is 2. The summed E-state index contributed by atoms with van der Waals surface area (Å²) >= 11 is 5.95. The van der Waals surface area contributed by atoms with Crippen LogP contribution >= 0.6 is 11.6 Å². The number of ether oxygens (including phenoxy) is 1. The highest BCUT2D eigenvalue weighted by Crippen LogP contribution is 2.31. The van der Waals surface area contributed by atoms with Crippen molar-refractivity contribution in [3.8, 4) is 11.3 Å². The molecule has 0 radical (unpaired) electrons. The molecule has 1 aliphatic heterocycles. The number of hydrogen-bond donors (Lipinski definition) is 1. The van der Waals surface area contributed by atoms with E-state index >= 15 is 0 Å². The van der Waals surface area contributed by atoms with Crippen LogP contribution in [0.5, 0.6) is 0 Å². The van der Waals surface area contributed by atoms with Crippen molar-refractivity contribution in [2.45, 2.75) is 18.9 Å². The zero-order valence-electron chi connectivity index (χ0n) is 12.5. The van der Waals surface area contributed by atoms with E-state index in [4.69, 9.17) is 20.8 Å². The minimum absolute atomic E-state index is 0.234. The highest BCUT2D eigenvalue weighted by atomic mass is 35.5. The Morgan fingerprint density at radius 2 is 2.04 bits per heavy atom. The number of fused-ring (bicyclic) bond motifs is 1. The summed E-state index contributed by atoms with van der Waals surface area (Å²) in [7, 11) is 0. The van der Waals surface area contributed by atoms with Gasteiger partial charge < -0.3 is 14.5 Å². The summed E-state index contributed by atoms with van der Waals surface area (Å²) in [6.07, 6.45) is 4.08. The Bertz CT molecular complexity index is 810. The fourth-order valence-electron chi connectivity index (χ4n) is 2.83. The van der Waals surface area contributed by atoms with Crippen LogP contribution in [0.15, 0.2) is 41.0 Å². The predicted octanol–water partition coefficient (Wildman–Crippen LogP) is 4.13. The summed E-state index contributed by atoms with van der Waals surface area (Å²) in [4.78, 5) is 0. The third-order valence-corrected chi connectivity index (χ3v) is 4.28. The van der Waals surface area contributed by atoms with Gasteiger partial charge in [0.1, 0.15) is 5.69 Å². The van der Waals surface area contributed by atoms with Crippen LogP contribution in [0, 0.1) is 0 Å². The summed E-state index contributed by atoms with van der Waals surface area (Å²) in [5.74, 6) is 0.651. The van der Waals surface area contributed by atoms with Crippen LogP contribution in [0.1, 0.15) is 12.8 Å². The molecular weight excluding hydrogens is 314 g/mol. The van der Waals surface area contributed by atoms with Crippen molar-refractivity contribution in [1.29, 1.82) is 0 Å². The highest BCUT2D eigenvalue weighted by Gasteiger charge is 2.18. The Balaban J connectivity index is 1.65. The zero-order valence-corrected chi connectivity index (χ0v) is 13.2. The number of anilines is 1. The predicted molar refractivity (Wildman–Crippen MR) is 89.7 cm³/mol. The monoisotopic (exact) mass is 329 g/mol. The zero-order chi connectivity index (χ0) is 15.6. The van der Waals surface area contributed by atoms with Crippen LogP contribution in [0.4, 0.5) is 5.82 Å². The summed E-state index contributed by atoms with van der Waals surface area (Å²) in [6, 6.07) is 9.45. The van der Waals surface area contributed by atoms with Gasteiger partial charge in [0.15, 0.2) is 11.4 Å². The van der Waals surface area contributed by atoms with Gasteiger partial charge in [-0.05, 0) is 31.0 Å². The van der Waals surface area contributed by atoms with E-state index in [0.29, 0.717) is 23.0 Å². The molecule has 118 valence electrons. The molecule has 1 atom stereocenters. The van der Waals surface area contributed by atoms with Gasteiger partial charge in [-0.2, -0.15) is 0 Å². The van der Waals surface area contributed by atoms with E-state index in [1.54, 1.807) is 6.26 Å². The molecule has 3 heterocycles. The SMILES string of the molecule is Clc1ccc(-c2nnc(NCC3CCCO3)c3occc23)cc1. The molecule has 6 heteroatoms. The van der Waals surface area contributed by atoms with Crippen LogP contribution in [-0.2, 0) is 4.74 Å². The lowest BCUT2D eigenvalue weighted by molar-refractivity contribution is 0.120. The third-order valence-electron chi connectivity index (χ3n) is 4.02. The molecule has 0 aliphatic carbocycles. The van der Waals surface area contributed by atoms with E-state index in [1.165, 1.54) is 0 Å². The maximum atomic E-state index is 5.95. The largest absolute Gasteiger partial charge is 0.460 e. The molecule has 1 unspecified atom stereocenters. The molecule has 4 rings (SSSR count). The first-order valence-corrected chi connectivity index (χ1v) is 8.04. The fourth-order valence-corrected chi connectivity index (χ4v) is 2.96. The average molecular weight is 330 g/mol. The van der Waals surface area contributed by atoms with Crippen molar-refractivity contribution in [2.75, 3.05) is 18.5 Å². The molecule has 23 heavy (non-hydrogen) atoms. The van der Waals surface area contributed by atoms with Gasteiger partial charge in [-0.25, -0.2) is 0 Å². The van der Waals surface area contributed by atoms with E-state index in [1.807, 2.05) is 30.3 Å². The molecular formula is C17H16ClN3O2. The lowest BCUT2D eigenvalue weighted by Gasteiger charge is -2.11. The van der Waals surface area contributed by atoms with Crippen molar-refractivity contribution in [1.82, 2.24) is 10.2 Å². The standard InChI is InChI=1S/C17H16ClN3O2/c18-12-5-3-11(4-6-12)15-14-7-9-23-16(14)17(21-20-15)19-10-13-2-1-8-22-13/h3-7,9,13H,1-2,8,10H2,(H,19,21). The van der Waals surface area contributed by atoms with Gasteiger partial charge in [0, 0.05) is 23.7 Å². The van der Waals surface area contributed by atoms with E-state index in [-0.39, 0.29) is 6.10 Å². The molecule has 1 saturated heterocycles. The summed E-state index contributed by atoms with van der Waals surface area (Å²) < 4.78 is 11.2. The quantitative estimate of drug-likeness (QED) is 0.779. The Hall–Kier alpha value is -2.11. The Labute approximate surface area is 138 Å². The summed E-state index contributed by atoms with van der Waals surface area (Å²) in [5, 5.41) is 13.6. The van der Waals surface area contributed by atoms with Gasteiger partial charge in [-0.3, -0.25) is 0 Å². The highest BCUT2D eigenvalue weighted by molar-refractivity contribution is 6.30. The number of furan rings is 1. The Morgan fingerprint density at radius 1 is 1.17 bits per heavy atom. The first kappa shape index (κ1) is 14.5. The van der Waals surface area contributed by atoms with Crippen LogP contribution in [0.25, 0.3) is 22.2 Å². The minimum Gasteiger partial charge on any atom is -0.460 e. The molecule has 0 spiro atoms. The molecule has 3 aromatic rings. The van der Waals surface area contributed by atoms with Gasteiger partial charge in [0.25, 0.3) is 0 Å². The van der Waals surface area contributed by atoms with Crippen LogP contribution < -0.4 is 5.32 Å². The van der Waals surface area contributed by atoms with Gasteiger partial charge >= 0.3 is 0 Å². The van der Waals surface area contributed by atoms with E-state index in [2.05, 4.69) is 15.5 Å². The fraction of sp³-hybridized carbons (Fsp3) is 0.294. The lowest BCUT2D eigenvalue weighted by atomic mass is 10.1. The third kappa shape index (κ3) is 2.90. The molecule has 1 N–H and O–H groups in total. The Morgan fingerprint density at radius 3 is 2.83 bits per heavy atom. The molecule has 1 fully saturated rings. The molecule has 1 aromatic carbocycles. The van der Waals surface area contributed by atoms with Gasteiger partial charge in [-0.1, -0.05) is 23.7 Å². The number of aromatic nitrogens is 2. The van der Waals surface area contributed by atoms with Crippen LogP contribution in [0.2, 0.25) is 5.02 Å². The van der Waals surface area contributed by atoms with Crippen molar-refractivity contribution >= 4 is 28.4 Å². The number of rotatable bonds is 4. The average Bonchev–Trinajstić information content (AvgIpc) is 3.25. The smallest absolute Gasteiger partial charge is 0.192 e.